The molecule has 0 bridgehead atoms. The lowest BCUT2D eigenvalue weighted by molar-refractivity contribution is 0.260. The van der Waals surface area contributed by atoms with Gasteiger partial charge < -0.3 is 4.74 Å². The highest BCUT2D eigenvalue weighted by Crippen LogP contribution is 2.08. The van der Waals surface area contributed by atoms with Crippen molar-refractivity contribution in [3.63, 3.8) is 0 Å². The first-order chi connectivity index (χ1) is 6.41. The molecule has 0 aliphatic carbocycles. The highest BCUT2D eigenvalue weighted by molar-refractivity contribution is 4.49. The van der Waals surface area contributed by atoms with E-state index in [1.54, 1.807) is 6.26 Å². The normalized spacial score (nSPS) is 9.54. The summed E-state index contributed by atoms with van der Waals surface area (Å²) >= 11 is 0. The van der Waals surface area contributed by atoms with Crippen molar-refractivity contribution in [3.8, 4) is 6.26 Å². The first-order valence-electron chi connectivity index (χ1n) is 5.42. The van der Waals surface area contributed by atoms with Gasteiger partial charge in [-0.05, 0) is 6.42 Å². The van der Waals surface area contributed by atoms with E-state index in [2.05, 4.69) is 11.7 Å². The lowest BCUT2D eigenvalue weighted by Crippen LogP contribution is -1.87. The molecule has 0 amide bonds. The molecule has 0 aromatic heterocycles. The number of ether oxygens (including phenoxy) is 1. The molecule has 13 heavy (non-hydrogen) atoms. The van der Waals surface area contributed by atoms with Gasteiger partial charge in [-0.25, -0.2) is 0 Å². The van der Waals surface area contributed by atoms with E-state index in [4.69, 9.17) is 5.26 Å². The van der Waals surface area contributed by atoms with Gasteiger partial charge >= 0.3 is 0 Å². The molecule has 0 fully saturated rings. The lowest BCUT2D eigenvalue weighted by atomic mass is 10.1. The summed E-state index contributed by atoms with van der Waals surface area (Å²) in [5, 5.41) is 8.09. The molecular weight excluding hydrogens is 162 g/mol. The summed E-state index contributed by atoms with van der Waals surface area (Å²) < 4.78 is 4.58. The van der Waals surface area contributed by atoms with E-state index in [-0.39, 0.29) is 0 Å². The van der Waals surface area contributed by atoms with Gasteiger partial charge in [0.25, 0.3) is 6.26 Å². The van der Waals surface area contributed by atoms with Gasteiger partial charge in [0.1, 0.15) is 6.61 Å². The van der Waals surface area contributed by atoms with Crippen LogP contribution in [0.4, 0.5) is 0 Å². The van der Waals surface area contributed by atoms with Crippen LogP contribution in [0.1, 0.15) is 58.3 Å². The third kappa shape index (κ3) is 11.3. The summed E-state index contributed by atoms with van der Waals surface area (Å²) in [6.45, 7) is 2.84. The number of hydrogen-bond acceptors (Lipinski definition) is 2. The molecule has 0 atom stereocenters. The topological polar surface area (TPSA) is 33.0 Å². The van der Waals surface area contributed by atoms with Crippen molar-refractivity contribution in [1.29, 1.82) is 5.26 Å². The molecule has 0 aromatic carbocycles. The van der Waals surface area contributed by atoms with Crippen molar-refractivity contribution in [1.82, 2.24) is 0 Å². The van der Waals surface area contributed by atoms with Crippen LogP contribution in [0.5, 0.6) is 0 Å². The molecule has 0 N–H and O–H groups in total. The Balaban J connectivity index is 2.80. The van der Waals surface area contributed by atoms with Crippen molar-refractivity contribution in [2.75, 3.05) is 6.61 Å². The van der Waals surface area contributed by atoms with Crippen LogP contribution in [0, 0.1) is 11.5 Å². The third-order valence-electron chi connectivity index (χ3n) is 2.16. The second kappa shape index (κ2) is 11.3. The number of nitriles is 1. The molecule has 0 rings (SSSR count). The van der Waals surface area contributed by atoms with Crippen molar-refractivity contribution in [2.24, 2.45) is 0 Å². The Morgan fingerprint density at radius 3 is 2.00 bits per heavy atom. The molecule has 2 heteroatoms. The molecule has 0 heterocycles. The van der Waals surface area contributed by atoms with E-state index in [9.17, 15) is 0 Å². The van der Waals surface area contributed by atoms with Gasteiger partial charge in [-0.1, -0.05) is 51.9 Å². The molecule has 0 aliphatic heterocycles. The van der Waals surface area contributed by atoms with Crippen LogP contribution < -0.4 is 0 Å². The van der Waals surface area contributed by atoms with E-state index < -0.39 is 0 Å². The van der Waals surface area contributed by atoms with Crippen molar-refractivity contribution >= 4 is 0 Å². The Bertz CT molecular complexity index is 129. The van der Waals surface area contributed by atoms with Crippen LogP contribution in [0.3, 0.4) is 0 Å². The van der Waals surface area contributed by atoms with Gasteiger partial charge in [0.2, 0.25) is 0 Å². The molecule has 0 aliphatic rings. The van der Waals surface area contributed by atoms with Crippen LogP contribution in [0.2, 0.25) is 0 Å². The molecule has 0 spiro atoms. The Kier molecular flexibility index (Phi) is 10.7. The highest BCUT2D eigenvalue weighted by Gasteiger charge is 1.91. The van der Waals surface area contributed by atoms with Gasteiger partial charge in [-0.3, -0.25) is 0 Å². The summed E-state index contributed by atoms with van der Waals surface area (Å²) in [5.41, 5.74) is 0. The summed E-state index contributed by atoms with van der Waals surface area (Å²) in [4.78, 5) is 0. The van der Waals surface area contributed by atoms with Gasteiger partial charge in [0.05, 0.1) is 0 Å². The van der Waals surface area contributed by atoms with Gasteiger partial charge in [0.15, 0.2) is 0 Å². The molecule has 0 radical (unpaired) electrons. The zero-order valence-electron chi connectivity index (χ0n) is 8.72. The van der Waals surface area contributed by atoms with E-state index in [1.165, 1.54) is 44.9 Å². The molecule has 0 saturated heterocycles. The molecule has 0 unspecified atom stereocenters. The third-order valence-corrected chi connectivity index (χ3v) is 2.16. The Morgan fingerprint density at radius 1 is 0.923 bits per heavy atom. The van der Waals surface area contributed by atoms with Gasteiger partial charge in [-0.15, -0.1) is 0 Å². The molecular formula is C11H21NO. The summed E-state index contributed by atoms with van der Waals surface area (Å²) in [7, 11) is 0. The summed E-state index contributed by atoms with van der Waals surface area (Å²) in [6, 6.07) is 0. The van der Waals surface area contributed by atoms with E-state index in [0.29, 0.717) is 6.61 Å². The van der Waals surface area contributed by atoms with Crippen LogP contribution in [-0.4, -0.2) is 6.61 Å². The fraction of sp³-hybridized carbons (Fsp3) is 0.909. The van der Waals surface area contributed by atoms with Crippen LogP contribution in [0.15, 0.2) is 0 Å². The monoisotopic (exact) mass is 183 g/mol. The average Bonchev–Trinajstić information content (AvgIpc) is 2.16. The van der Waals surface area contributed by atoms with Crippen LogP contribution in [-0.2, 0) is 4.74 Å². The van der Waals surface area contributed by atoms with Gasteiger partial charge in [0, 0.05) is 0 Å². The number of unbranched alkanes of at least 4 members (excludes halogenated alkanes) is 7. The van der Waals surface area contributed by atoms with E-state index in [0.717, 1.165) is 6.42 Å². The van der Waals surface area contributed by atoms with Gasteiger partial charge in [-0.2, -0.15) is 5.26 Å². The minimum atomic E-state index is 0.603. The fourth-order valence-corrected chi connectivity index (χ4v) is 1.35. The fourth-order valence-electron chi connectivity index (χ4n) is 1.35. The predicted octanol–water partition coefficient (Wildman–Crippen LogP) is 3.62. The maximum atomic E-state index is 8.09. The molecule has 0 aromatic rings. The largest absolute Gasteiger partial charge is 0.428 e. The first-order valence-corrected chi connectivity index (χ1v) is 5.42. The quantitative estimate of drug-likeness (QED) is 0.404. The molecule has 0 saturated carbocycles. The van der Waals surface area contributed by atoms with E-state index in [1.807, 2.05) is 0 Å². The first kappa shape index (κ1) is 12.3. The number of rotatable bonds is 9. The minimum absolute atomic E-state index is 0.603. The average molecular weight is 183 g/mol. The Morgan fingerprint density at radius 2 is 1.46 bits per heavy atom. The molecule has 76 valence electrons. The maximum absolute atomic E-state index is 8.09. The standard InChI is InChI=1S/C11H21NO/c1-2-3-4-5-6-7-8-9-10-13-11-12/h2-10H2,1H3. The Hall–Kier alpha value is -0.710. The molecule has 2 nitrogen and oxygen atoms in total. The second-order valence-corrected chi connectivity index (χ2v) is 3.41. The SMILES string of the molecule is CCCCCCCCCCOC#N. The van der Waals surface area contributed by atoms with Crippen molar-refractivity contribution < 1.29 is 4.74 Å². The Labute approximate surface area is 81.9 Å². The van der Waals surface area contributed by atoms with Crippen LogP contribution in [0.25, 0.3) is 0 Å². The number of hydrogen-bond donors (Lipinski definition) is 0. The summed E-state index contributed by atoms with van der Waals surface area (Å²) in [5.74, 6) is 0. The van der Waals surface area contributed by atoms with E-state index >= 15 is 0 Å². The number of nitrogens with zero attached hydrogens (tertiary/aromatic N) is 1. The predicted molar refractivity (Wildman–Crippen MR) is 54.2 cm³/mol. The van der Waals surface area contributed by atoms with Crippen molar-refractivity contribution in [3.05, 3.63) is 0 Å². The van der Waals surface area contributed by atoms with Crippen molar-refractivity contribution in [2.45, 2.75) is 58.3 Å². The van der Waals surface area contributed by atoms with Crippen LogP contribution >= 0.6 is 0 Å². The second-order valence-electron chi connectivity index (χ2n) is 3.41. The summed E-state index contributed by atoms with van der Waals surface area (Å²) in [6.07, 6.45) is 12.0. The smallest absolute Gasteiger partial charge is 0.286 e. The lowest BCUT2D eigenvalue weighted by Gasteiger charge is -1.99. The zero-order chi connectivity index (χ0) is 9.78. The minimum Gasteiger partial charge on any atom is -0.428 e. The highest BCUT2D eigenvalue weighted by atomic mass is 16.5. The zero-order valence-corrected chi connectivity index (χ0v) is 8.72. The maximum Gasteiger partial charge on any atom is 0.286 e.